The summed E-state index contributed by atoms with van der Waals surface area (Å²) in [5, 5.41) is 17.1. The van der Waals surface area contributed by atoms with E-state index in [0.717, 1.165) is 5.56 Å². The second-order valence-corrected chi connectivity index (χ2v) is 4.54. The maximum absolute atomic E-state index is 9.20. The van der Waals surface area contributed by atoms with Crippen molar-refractivity contribution in [1.82, 2.24) is 15.0 Å². The molecule has 0 spiro atoms. The Morgan fingerprint density at radius 2 is 1.75 bits per heavy atom. The third-order valence-electron chi connectivity index (χ3n) is 2.91. The van der Waals surface area contributed by atoms with E-state index < -0.39 is 0 Å². The van der Waals surface area contributed by atoms with Crippen molar-refractivity contribution in [2.45, 2.75) is 19.9 Å². The lowest BCUT2D eigenvalue weighted by Gasteiger charge is -2.12. The van der Waals surface area contributed by atoms with E-state index in [2.05, 4.69) is 16.4 Å². The number of nitrogens with zero attached hydrogens (tertiary/aromatic N) is 4. The van der Waals surface area contributed by atoms with Gasteiger partial charge in [-0.15, -0.1) is 5.10 Å². The van der Waals surface area contributed by atoms with Gasteiger partial charge in [0.15, 0.2) is 5.69 Å². The summed E-state index contributed by atoms with van der Waals surface area (Å²) in [6, 6.07) is 7.61. The largest absolute Gasteiger partial charge is 0.497 e. The van der Waals surface area contributed by atoms with Crippen LogP contribution in [0.5, 0.6) is 11.5 Å². The number of rotatable bonds is 4. The molecular formula is C14H16N4O2. The van der Waals surface area contributed by atoms with E-state index in [1.807, 2.05) is 26.0 Å². The molecule has 1 aromatic carbocycles. The van der Waals surface area contributed by atoms with Gasteiger partial charge < -0.3 is 9.47 Å². The third kappa shape index (κ3) is 2.43. The van der Waals surface area contributed by atoms with Crippen molar-refractivity contribution in [2.24, 2.45) is 0 Å². The average Bonchev–Trinajstić information content (AvgIpc) is 2.90. The molecule has 0 bridgehead atoms. The predicted octanol–water partition coefficient (Wildman–Crippen LogP) is 2.41. The molecule has 0 atom stereocenters. The van der Waals surface area contributed by atoms with E-state index in [1.165, 1.54) is 0 Å². The Labute approximate surface area is 117 Å². The molecule has 1 aromatic heterocycles. The van der Waals surface area contributed by atoms with Crippen molar-refractivity contribution in [1.29, 1.82) is 5.26 Å². The van der Waals surface area contributed by atoms with E-state index in [9.17, 15) is 5.26 Å². The highest BCUT2D eigenvalue weighted by atomic mass is 16.5. The standard InChI is InChI=1S/C14H16N4O2/c1-9(2)18-14(13(8-15)16-17-18)10-5-11(19-3)7-12(6-10)20-4/h5-7,9H,1-4H3. The van der Waals surface area contributed by atoms with Crippen LogP contribution in [0.3, 0.4) is 0 Å². The zero-order valence-corrected chi connectivity index (χ0v) is 11.9. The van der Waals surface area contributed by atoms with Gasteiger partial charge in [0.1, 0.15) is 23.3 Å². The lowest BCUT2D eigenvalue weighted by atomic mass is 10.1. The summed E-state index contributed by atoms with van der Waals surface area (Å²) < 4.78 is 12.2. The predicted molar refractivity (Wildman–Crippen MR) is 73.7 cm³/mol. The van der Waals surface area contributed by atoms with Crippen LogP contribution >= 0.6 is 0 Å². The van der Waals surface area contributed by atoms with E-state index >= 15 is 0 Å². The van der Waals surface area contributed by atoms with Crippen LogP contribution in [0.4, 0.5) is 0 Å². The molecule has 0 saturated heterocycles. The molecule has 0 amide bonds. The molecule has 6 heteroatoms. The third-order valence-corrected chi connectivity index (χ3v) is 2.91. The minimum Gasteiger partial charge on any atom is -0.497 e. The van der Waals surface area contributed by atoms with Gasteiger partial charge >= 0.3 is 0 Å². The van der Waals surface area contributed by atoms with Crippen LogP contribution in [0.1, 0.15) is 25.6 Å². The normalized spacial score (nSPS) is 10.4. The first kappa shape index (κ1) is 13.9. The topological polar surface area (TPSA) is 73.0 Å². The molecule has 0 unspecified atom stereocenters. The van der Waals surface area contributed by atoms with Crippen molar-refractivity contribution in [3.05, 3.63) is 23.9 Å². The van der Waals surface area contributed by atoms with Crippen molar-refractivity contribution in [3.63, 3.8) is 0 Å². The van der Waals surface area contributed by atoms with Crippen LogP contribution in [-0.2, 0) is 0 Å². The molecule has 20 heavy (non-hydrogen) atoms. The van der Waals surface area contributed by atoms with E-state index in [4.69, 9.17) is 9.47 Å². The number of methoxy groups -OCH3 is 2. The highest BCUT2D eigenvalue weighted by Crippen LogP contribution is 2.32. The van der Waals surface area contributed by atoms with Gasteiger partial charge in [-0.05, 0) is 26.0 Å². The molecule has 0 N–H and O–H groups in total. The highest BCUT2D eigenvalue weighted by Gasteiger charge is 2.18. The molecule has 2 rings (SSSR count). The lowest BCUT2D eigenvalue weighted by molar-refractivity contribution is 0.394. The molecule has 104 valence electrons. The highest BCUT2D eigenvalue weighted by molar-refractivity contribution is 5.68. The summed E-state index contributed by atoms with van der Waals surface area (Å²) in [6.45, 7) is 3.97. The summed E-state index contributed by atoms with van der Waals surface area (Å²) in [7, 11) is 3.17. The second-order valence-electron chi connectivity index (χ2n) is 4.54. The lowest BCUT2D eigenvalue weighted by Crippen LogP contribution is -2.05. The number of hydrogen-bond acceptors (Lipinski definition) is 5. The van der Waals surface area contributed by atoms with Crippen LogP contribution in [0.15, 0.2) is 18.2 Å². The van der Waals surface area contributed by atoms with Gasteiger partial charge in [-0.2, -0.15) is 5.26 Å². The number of aromatic nitrogens is 3. The van der Waals surface area contributed by atoms with Crippen LogP contribution < -0.4 is 9.47 Å². The Balaban J connectivity index is 2.67. The van der Waals surface area contributed by atoms with E-state index in [0.29, 0.717) is 17.2 Å². The first-order valence-electron chi connectivity index (χ1n) is 6.19. The fourth-order valence-corrected chi connectivity index (χ4v) is 1.94. The molecule has 0 aliphatic carbocycles. The number of ether oxygens (including phenoxy) is 2. The maximum atomic E-state index is 9.20. The van der Waals surface area contributed by atoms with Gasteiger partial charge in [0.25, 0.3) is 0 Å². The molecular weight excluding hydrogens is 256 g/mol. The van der Waals surface area contributed by atoms with E-state index in [1.54, 1.807) is 25.0 Å². The SMILES string of the molecule is COc1cc(OC)cc(-c2c(C#N)nnn2C(C)C)c1. The number of hydrogen-bond donors (Lipinski definition) is 0. The van der Waals surface area contributed by atoms with Gasteiger partial charge in [0, 0.05) is 17.7 Å². The summed E-state index contributed by atoms with van der Waals surface area (Å²) in [5.74, 6) is 1.31. The van der Waals surface area contributed by atoms with Crippen molar-refractivity contribution >= 4 is 0 Å². The van der Waals surface area contributed by atoms with Crippen LogP contribution in [0, 0.1) is 11.3 Å². The fourth-order valence-electron chi connectivity index (χ4n) is 1.94. The first-order chi connectivity index (χ1) is 9.60. The van der Waals surface area contributed by atoms with Crippen molar-refractivity contribution in [2.75, 3.05) is 14.2 Å². The van der Waals surface area contributed by atoms with Gasteiger partial charge in [-0.25, -0.2) is 4.68 Å². The molecule has 2 aromatic rings. The van der Waals surface area contributed by atoms with Crippen LogP contribution in [-0.4, -0.2) is 29.2 Å². The molecule has 0 fully saturated rings. The summed E-state index contributed by atoms with van der Waals surface area (Å²) in [4.78, 5) is 0. The average molecular weight is 272 g/mol. The molecule has 0 aliphatic heterocycles. The van der Waals surface area contributed by atoms with Crippen LogP contribution in [0.2, 0.25) is 0 Å². The summed E-state index contributed by atoms with van der Waals surface area (Å²) in [5.41, 5.74) is 1.74. The maximum Gasteiger partial charge on any atom is 0.190 e. The Morgan fingerprint density at radius 3 is 2.20 bits per heavy atom. The molecule has 0 aliphatic rings. The quantitative estimate of drug-likeness (QED) is 0.854. The number of benzene rings is 1. The Bertz CT molecular complexity index is 633. The van der Waals surface area contributed by atoms with Gasteiger partial charge in [0.05, 0.1) is 14.2 Å². The Hall–Kier alpha value is -2.55. The summed E-state index contributed by atoms with van der Waals surface area (Å²) in [6.07, 6.45) is 0. The monoisotopic (exact) mass is 272 g/mol. The van der Waals surface area contributed by atoms with Crippen molar-refractivity contribution in [3.8, 4) is 28.8 Å². The molecule has 0 radical (unpaired) electrons. The van der Waals surface area contributed by atoms with E-state index in [-0.39, 0.29) is 11.7 Å². The molecule has 6 nitrogen and oxygen atoms in total. The first-order valence-corrected chi connectivity index (χ1v) is 6.19. The summed E-state index contributed by atoms with van der Waals surface area (Å²) >= 11 is 0. The van der Waals surface area contributed by atoms with Gasteiger partial charge in [-0.3, -0.25) is 0 Å². The molecule has 1 heterocycles. The van der Waals surface area contributed by atoms with Gasteiger partial charge in [-0.1, -0.05) is 5.21 Å². The Kier molecular flexibility index (Phi) is 3.89. The molecule has 0 saturated carbocycles. The zero-order valence-electron chi connectivity index (χ0n) is 11.9. The second kappa shape index (κ2) is 5.61. The smallest absolute Gasteiger partial charge is 0.190 e. The number of nitriles is 1. The fraction of sp³-hybridized carbons (Fsp3) is 0.357. The zero-order chi connectivity index (χ0) is 14.7. The minimum atomic E-state index is 0.0943. The Morgan fingerprint density at radius 1 is 1.15 bits per heavy atom. The van der Waals surface area contributed by atoms with Crippen LogP contribution in [0.25, 0.3) is 11.3 Å². The van der Waals surface area contributed by atoms with Crippen molar-refractivity contribution < 1.29 is 9.47 Å². The minimum absolute atomic E-state index is 0.0943. The van der Waals surface area contributed by atoms with Gasteiger partial charge in [0.2, 0.25) is 0 Å².